The van der Waals surface area contributed by atoms with E-state index >= 15 is 0 Å². The van der Waals surface area contributed by atoms with E-state index < -0.39 is 0 Å². The lowest BCUT2D eigenvalue weighted by atomic mass is 9.67. The molecule has 7 heteroatoms. The van der Waals surface area contributed by atoms with Gasteiger partial charge in [0.2, 0.25) is 11.8 Å². The van der Waals surface area contributed by atoms with Gasteiger partial charge in [-0.25, -0.2) is 0 Å². The Morgan fingerprint density at radius 1 is 0.970 bits per heavy atom. The number of nitrogens with one attached hydrogen (secondary N) is 2. The van der Waals surface area contributed by atoms with Crippen LogP contribution in [0.5, 0.6) is 11.5 Å². The fourth-order valence-corrected chi connectivity index (χ4v) is 5.18. The van der Waals surface area contributed by atoms with E-state index in [1.54, 1.807) is 0 Å². The van der Waals surface area contributed by atoms with Gasteiger partial charge in [0.1, 0.15) is 11.5 Å². The first-order valence-electron chi connectivity index (χ1n) is 11.7. The van der Waals surface area contributed by atoms with Crippen LogP contribution in [0.2, 0.25) is 0 Å². The van der Waals surface area contributed by atoms with Crippen LogP contribution in [0.3, 0.4) is 0 Å². The number of carbonyl (C=O) groups is 3. The first-order valence-corrected chi connectivity index (χ1v) is 11.7. The first-order chi connectivity index (χ1) is 16.0. The van der Waals surface area contributed by atoms with Gasteiger partial charge in [0.05, 0.1) is 5.92 Å². The van der Waals surface area contributed by atoms with Crippen molar-refractivity contribution in [2.45, 2.75) is 38.1 Å². The fourth-order valence-electron chi connectivity index (χ4n) is 5.18. The molecular formula is C26H29N3O4. The highest BCUT2D eigenvalue weighted by atomic mass is 16.5. The van der Waals surface area contributed by atoms with Gasteiger partial charge in [-0.15, -0.1) is 0 Å². The molecule has 3 aliphatic rings. The van der Waals surface area contributed by atoms with Crippen LogP contribution in [0, 0.1) is 11.3 Å². The van der Waals surface area contributed by atoms with Gasteiger partial charge in [-0.2, -0.15) is 0 Å². The molecule has 0 bridgehead atoms. The van der Waals surface area contributed by atoms with Crippen molar-refractivity contribution in [1.29, 1.82) is 0 Å². The molecule has 2 heterocycles. The summed E-state index contributed by atoms with van der Waals surface area (Å²) in [6, 6.07) is 17.0. The van der Waals surface area contributed by atoms with Gasteiger partial charge in [0, 0.05) is 43.1 Å². The number of ether oxygens (including phenoxy) is 1. The Bertz CT molecular complexity index is 1020. The molecule has 1 atom stereocenters. The second-order valence-corrected chi connectivity index (χ2v) is 9.59. The van der Waals surface area contributed by atoms with Gasteiger partial charge in [0.25, 0.3) is 5.91 Å². The molecule has 3 amide bonds. The molecule has 2 aliphatic heterocycles. The van der Waals surface area contributed by atoms with Crippen molar-refractivity contribution in [2.24, 2.45) is 11.3 Å². The molecule has 172 valence electrons. The van der Waals surface area contributed by atoms with E-state index in [4.69, 9.17) is 4.74 Å². The monoisotopic (exact) mass is 447 g/mol. The Balaban J connectivity index is 1.08. The van der Waals surface area contributed by atoms with Gasteiger partial charge in [-0.3, -0.25) is 14.4 Å². The molecule has 5 rings (SSSR count). The minimum atomic E-state index is -0.241. The van der Waals surface area contributed by atoms with E-state index in [1.165, 1.54) is 0 Å². The average Bonchev–Trinajstić information content (AvgIpc) is 3.25. The standard InChI is InChI=1S/C26H29N3O4/c30-23-14-19(15-27-23)24(31)28-20-10-12-26(13-11-20)16-29(17-26)25(32)18-6-8-22(9-7-18)33-21-4-2-1-3-5-21/h1-9,19-20H,10-17H2,(H,27,30)(H,28,31). The Hall–Kier alpha value is -3.35. The highest BCUT2D eigenvalue weighted by Crippen LogP contribution is 2.44. The summed E-state index contributed by atoms with van der Waals surface area (Å²) in [5, 5.41) is 5.84. The normalized spacial score (nSPS) is 21.9. The van der Waals surface area contributed by atoms with Crippen LogP contribution < -0.4 is 15.4 Å². The van der Waals surface area contributed by atoms with E-state index in [2.05, 4.69) is 10.6 Å². The molecule has 3 fully saturated rings. The van der Waals surface area contributed by atoms with Crippen molar-refractivity contribution < 1.29 is 19.1 Å². The van der Waals surface area contributed by atoms with Crippen LogP contribution in [-0.4, -0.2) is 48.3 Å². The van der Waals surface area contributed by atoms with E-state index in [0.717, 1.165) is 44.5 Å². The summed E-state index contributed by atoms with van der Waals surface area (Å²) >= 11 is 0. The van der Waals surface area contributed by atoms with Gasteiger partial charge in [-0.1, -0.05) is 18.2 Å². The van der Waals surface area contributed by atoms with Crippen LogP contribution in [0.15, 0.2) is 54.6 Å². The van der Waals surface area contributed by atoms with Crippen molar-refractivity contribution in [3.05, 3.63) is 60.2 Å². The lowest BCUT2D eigenvalue weighted by Gasteiger charge is -2.53. The highest BCUT2D eigenvalue weighted by Gasteiger charge is 2.47. The molecule has 1 unspecified atom stereocenters. The molecule has 33 heavy (non-hydrogen) atoms. The summed E-state index contributed by atoms with van der Waals surface area (Å²) in [7, 11) is 0. The number of rotatable bonds is 5. The molecule has 2 aromatic rings. The third-order valence-corrected chi connectivity index (χ3v) is 7.16. The summed E-state index contributed by atoms with van der Waals surface area (Å²) in [6.07, 6.45) is 4.15. The lowest BCUT2D eigenvalue weighted by molar-refractivity contribution is -0.127. The number of para-hydroxylation sites is 1. The fraction of sp³-hybridized carbons (Fsp3) is 0.423. The third kappa shape index (κ3) is 4.72. The van der Waals surface area contributed by atoms with Crippen molar-refractivity contribution in [2.75, 3.05) is 19.6 Å². The van der Waals surface area contributed by atoms with E-state index in [0.29, 0.717) is 24.3 Å². The van der Waals surface area contributed by atoms with Gasteiger partial charge in [-0.05, 0) is 62.1 Å². The minimum Gasteiger partial charge on any atom is -0.457 e. The van der Waals surface area contributed by atoms with Gasteiger partial charge in [0.15, 0.2) is 0 Å². The van der Waals surface area contributed by atoms with Crippen LogP contribution in [0.4, 0.5) is 0 Å². The summed E-state index contributed by atoms with van der Waals surface area (Å²) in [6.45, 7) is 1.99. The van der Waals surface area contributed by atoms with Crippen LogP contribution in [0.1, 0.15) is 42.5 Å². The number of benzene rings is 2. The quantitative estimate of drug-likeness (QED) is 0.737. The smallest absolute Gasteiger partial charge is 0.253 e. The molecule has 1 aliphatic carbocycles. The molecule has 2 aromatic carbocycles. The maximum atomic E-state index is 12.9. The molecule has 0 radical (unpaired) electrons. The predicted octanol–water partition coefficient (Wildman–Crippen LogP) is 3.12. The van der Waals surface area contributed by atoms with E-state index in [-0.39, 0.29) is 35.1 Å². The van der Waals surface area contributed by atoms with Crippen molar-refractivity contribution in [1.82, 2.24) is 15.5 Å². The first kappa shape index (κ1) is 21.5. The third-order valence-electron chi connectivity index (χ3n) is 7.16. The number of nitrogens with zero attached hydrogens (tertiary/aromatic N) is 1. The zero-order valence-corrected chi connectivity index (χ0v) is 18.6. The Labute approximate surface area is 193 Å². The number of likely N-dealkylation sites (tertiary alicyclic amines) is 1. The van der Waals surface area contributed by atoms with Crippen molar-refractivity contribution >= 4 is 17.7 Å². The zero-order chi connectivity index (χ0) is 22.8. The SMILES string of the molecule is O=C1CC(C(=O)NC2CCC3(CC2)CN(C(=O)c2ccc(Oc4ccccc4)cc2)C3)CN1. The maximum Gasteiger partial charge on any atom is 0.253 e. The predicted molar refractivity (Wildman–Crippen MR) is 123 cm³/mol. The number of carbonyl (C=O) groups excluding carboxylic acids is 3. The number of hydrogen-bond donors (Lipinski definition) is 2. The number of amides is 3. The molecular weight excluding hydrogens is 418 g/mol. The number of hydrogen-bond acceptors (Lipinski definition) is 4. The van der Waals surface area contributed by atoms with Gasteiger partial charge < -0.3 is 20.3 Å². The van der Waals surface area contributed by atoms with Gasteiger partial charge >= 0.3 is 0 Å². The van der Waals surface area contributed by atoms with Crippen molar-refractivity contribution in [3.63, 3.8) is 0 Å². The molecule has 1 spiro atoms. The zero-order valence-electron chi connectivity index (χ0n) is 18.6. The maximum absolute atomic E-state index is 12.9. The van der Waals surface area contributed by atoms with Crippen LogP contribution in [-0.2, 0) is 9.59 Å². The summed E-state index contributed by atoms with van der Waals surface area (Å²) in [4.78, 5) is 38.5. The minimum absolute atomic E-state index is 0.0144. The van der Waals surface area contributed by atoms with Crippen LogP contribution >= 0.6 is 0 Å². The Kier molecular flexibility index (Phi) is 5.79. The van der Waals surface area contributed by atoms with E-state index in [1.807, 2.05) is 59.5 Å². The highest BCUT2D eigenvalue weighted by molar-refractivity contribution is 5.95. The lowest BCUT2D eigenvalue weighted by Crippen LogP contribution is -2.60. The molecule has 2 saturated heterocycles. The molecule has 7 nitrogen and oxygen atoms in total. The molecule has 1 saturated carbocycles. The molecule has 0 aromatic heterocycles. The average molecular weight is 448 g/mol. The topological polar surface area (TPSA) is 87.7 Å². The Morgan fingerprint density at radius 2 is 1.64 bits per heavy atom. The van der Waals surface area contributed by atoms with Crippen LogP contribution in [0.25, 0.3) is 0 Å². The Morgan fingerprint density at radius 3 is 2.27 bits per heavy atom. The summed E-state index contributed by atoms with van der Waals surface area (Å²) < 4.78 is 5.80. The summed E-state index contributed by atoms with van der Waals surface area (Å²) in [5.74, 6) is 1.22. The summed E-state index contributed by atoms with van der Waals surface area (Å²) in [5.41, 5.74) is 0.851. The van der Waals surface area contributed by atoms with E-state index in [9.17, 15) is 14.4 Å². The second-order valence-electron chi connectivity index (χ2n) is 9.59. The van der Waals surface area contributed by atoms with Crippen molar-refractivity contribution in [3.8, 4) is 11.5 Å². The molecule has 2 N–H and O–H groups in total. The largest absolute Gasteiger partial charge is 0.457 e. The second kappa shape index (κ2) is 8.89.